The molecular weight excluding hydrogens is 324 g/mol. The third kappa shape index (κ3) is 3.43. The predicted octanol–water partition coefficient (Wildman–Crippen LogP) is 2.80. The van der Waals surface area contributed by atoms with Crippen molar-refractivity contribution in [3.05, 3.63) is 23.2 Å². The maximum Gasteiger partial charge on any atom is 0.274 e. The van der Waals surface area contributed by atoms with Crippen molar-refractivity contribution < 1.29 is 4.79 Å². The van der Waals surface area contributed by atoms with Crippen LogP contribution in [0.15, 0.2) is 11.7 Å². The van der Waals surface area contributed by atoms with Crippen LogP contribution in [0.25, 0.3) is 0 Å². The maximum atomic E-state index is 12.9. The highest BCUT2D eigenvalue weighted by Crippen LogP contribution is 2.32. The van der Waals surface area contributed by atoms with E-state index < -0.39 is 0 Å². The summed E-state index contributed by atoms with van der Waals surface area (Å²) in [6, 6.07) is -0.0111. The molecule has 0 radical (unpaired) electrons. The number of rotatable bonds is 6. The van der Waals surface area contributed by atoms with Crippen LogP contribution >= 0.6 is 11.3 Å². The Labute approximate surface area is 146 Å². The summed E-state index contributed by atoms with van der Waals surface area (Å²) in [6.45, 7) is 8.75. The van der Waals surface area contributed by atoms with Crippen LogP contribution < -0.4 is 5.32 Å². The molecule has 1 N–H and O–H groups in total. The number of hydrogen-bond acceptors (Lipinski definition) is 6. The first-order chi connectivity index (χ1) is 11.6. The maximum absolute atomic E-state index is 12.9. The normalized spacial score (nSPS) is 17.7. The third-order valence-corrected chi connectivity index (χ3v) is 4.87. The molecule has 8 heteroatoms. The highest BCUT2D eigenvalue weighted by Gasteiger charge is 2.34. The first-order valence-electron chi connectivity index (χ1n) is 8.48. The van der Waals surface area contributed by atoms with Gasteiger partial charge in [0.15, 0.2) is 11.0 Å². The van der Waals surface area contributed by atoms with Gasteiger partial charge in [0.2, 0.25) is 0 Å². The van der Waals surface area contributed by atoms with Gasteiger partial charge in [-0.1, -0.05) is 13.8 Å². The quantitative estimate of drug-likeness (QED) is 0.869. The van der Waals surface area contributed by atoms with Gasteiger partial charge in [-0.15, -0.1) is 21.5 Å². The molecule has 24 heavy (non-hydrogen) atoms. The van der Waals surface area contributed by atoms with E-state index in [4.69, 9.17) is 0 Å². The molecule has 7 nitrogen and oxygen atoms in total. The first-order valence-corrected chi connectivity index (χ1v) is 9.36. The van der Waals surface area contributed by atoms with Gasteiger partial charge in [0.05, 0.1) is 6.04 Å². The second-order valence-electron chi connectivity index (χ2n) is 6.46. The lowest BCUT2D eigenvalue weighted by Crippen LogP contribution is -2.32. The van der Waals surface area contributed by atoms with Crippen molar-refractivity contribution in [3.63, 3.8) is 0 Å². The molecule has 0 unspecified atom stereocenters. The molecule has 0 spiro atoms. The molecule has 1 amide bonds. The number of nitrogens with one attached hydrogen (secondary N) is 1. The van der Waals surface area contributed by atoms with Crippen LogP contribution in [0, 0.1) is 5.92 Å². The Balaban J connectivity index is 1.80. The molecule has 130 valence electrons. The van der Waals surface area contributed by atoms with E-state index in [1.165, 1.54) is 11.3 Å². The molecule has 3 heterocycles. The molecule has 1 aliphatic rings. The highest BCUT2D eigenvalue weighted by molar-refractivity contribution is 7.13. The van der Waals surface area contributed by atoms with E-state index in [0.29, 0.717) is 11.6 Å². The highest BCUT2D eigenvalue weighted by atomic mass is 32.1. The van der Waals surface area contributed by atoms with E-state index in [1.54, 1.807) is 6.33 Å². The van der Waals surface area contributed by atoms with Crippen LogP contribution in [0.3, 0.4) is 0 Å². The molecule has 0 aromatic carbocycles. The van der Waals surface area contributed by atoms with Crippen LogP contribution in [0.2, 0.25) is 0 Å². The van der Waals surface area contributed by atoms with Crippen LogP contribution in [0.5, 0.6) is 0 Å². The van der Waals surface area contributed by atoms with Crippen LogP contribution in [-0.4, -0.2) is 43.6 Å². The third-order valence-electron chi connectivity index (χ3n) is 4.07. The second kappa shape index (κ2) is 7.29. The van der Waals surface area contributed by atoms with Crippen molar-refractivity contribution in [2.24, 2.45) is 5.92 Å². The summed E-state index contributed by atoms with van der Waals surface area (Å²) in [5.74, 6) is 1.38. The molecule has 0 aliphatic carbocycles. The number of carbonyl (C=O) groups excluding carboxylic acids is 1. The molecule has 1 fully saturated rings. The zero-order valence-corrected chi connectivity index (χ0v) is 15.2. The van der Waals surface area contributed by atoms with Crippen molar-refractivity contribution >= 4 is 22.4 Å². The number of hydrogen-bond donors (Lipinski definition) is 1. The summed E-state index contributed by atoms with van der Waals surface area (Å²) < 4.78 is 2.08. The summed E-state index contributed by atoms with van der Waals surface area (Å²) in [7, 11) is 0. The number of likely N-dealkylation sites (tertiary alicyclic amines) is 1. The molecule has 1 atom stereocenters. The molecule has 2 aromatic rings. The number of carbonyl (C=O) groups is 1. The Hall–Kier alpha value is -1.96. The van der Waals surface area contributed by atoms with E-state index in [-0.39, 0.29) is 11.9 Å². The second-order valence-corrected chi connectivity index (χ2v) is 7.32. The minimum Gasteiger partial charge on any atom is -0.362 e. The van der Waals surface area contributed by atoms with Crippen LogP contribution in [0.4, 0.5) is 5.13 Å². The molecule has 0 bridgehead atoms. The lowest BCUT2D eigenvalue weighted by molar-refractivity contribution is 0.0721. The van der Waals surface area contributed by atoms with E-state index in [9.17, 15) is 4.79 Å². The standard InChI is InChI=1S/C16H24N6OS/c1-4-17-16-19-12(9-24-16)15(23)22-7-5-6-13(22)14-20-18-10-21(14)8-11(2)3/h9-11,13H,4-8H2,1-3H3,(H,17,19)/t13-/m0/s1. The Kier molecular flexibility index (Phi) is 5.13. The van der Waals surface area contributed by atoms with Gasteiger partial charge in [-0.2, -0.15) is 0 Å². The summed E-state index contributed by atoms with van der Waals surface area (Å²) in [6.07, 6.45) is 3.67. The largest absolute Gasteiger partial charge is 0.362 e. The Morgan fingerprint density at radius 1 is 1.50 bits per heavy atom. The Bertz CT molecular complexity index is 694. The van der Waals surface area contributed by atoms with Gasteiger partial charge >= 0.3 is 0 Å². The first kappa shape index (κ1) is 16.9. The van der Waals surface area contributed by atoms with Gasteiger partial charge in [-0.05, 0) is 25.7 Å². The molecule has 2 aromatic heterocycles. The van der Waals surface area contributed by atoms with Gasteiger partial charge in [-0.25, -0.2) is 4.98 Å². The van der Waals surface area contributed by atoms with E-state index >= 15 is 0 Å². The topological polar surface area (TPSA) is 75.9 Å². The van der Waals surface area contributed by atoms with Gasteiger partial charge in [0, 0.05) is 25.0 Å². The van der Waals surface area contributed by atoms with E-state index in [2.05, 4.69) is 38.9 Å². The number of amides is 1. The Morgan fingerprint density at radius 2 is 2.33 bits per heavy atom. The lowest BCUT2D eigenvalue weighted by Gasteiger charge is -2.24. The van der Waals surface area contributed by atoms with Gasteiger partial charge < -0.3 is 14.8 Å². The molecular formula is C16H24N6OS. The minimum atomic E-state index is -0.0167. The van der Waals surface area contributed by atoms with E-state index in [0.717, 1.165) is 43.4 Å². The SMILES string of the molecule is CCNc1nc(C(=O)N2CCC[C@H]2c2nncn2CC(C)C)cs1. The fraction of sp³-hybridized carbons (Fsp3) is 0.625. The summed E-state index contributed by atoms with van der Waals surface area (Å²) in [5, 5.41) is 14.1. The summed E-state index contributed by atoms with van der Waals surface area (Å²) >= 11 is 1.47. The van der Waals surface area contributed by atoms with E-state index in [1.807, 2.05) is 17.2 Å². The average Bonchev–Trinajstić information content (AvgIpc) is 3.25. The molecule has 1 aliphatic heterocycles. The van der Waals surface area contributed by atoms with Crippen molar-refractivity contribution in [1.29, 1.82) is 0 Å². The van der Waals surface area contributed by atoms with Gasteiger partial charge in [0.25, 0.3) is 5.91 Å². The molecule has 0 saturated carbocycles. The smallest absolute Gasteiger partial charge is 0.274 e. The molecule has 1 saturated heterocycles. The fourth-order valence-corrected chi connectivity index (χ4v) is 3.84. The van der Waals surface area contributed by atoms with Crippen LogP contribution in [-0.2, 0) is 6.54 Å². The average molecular weight is 348 g/mol. The van der Waals surface area contributed by atoms with Gasteiger partial charge in [-0.3, -0.25) is 4.79 Å². The molecule has 3 rings (SSSR count). The van der Waals surface area contributed by atoms with Gasteiger partial charge in [0.1, 0.15) is 12.0 Å². The van der Waals surface area contributed by atoms with Crippen molar-refractivity contribution in [2.45, 2.75) is 46.2 Å². The van der Waals surface area contributed by atoms with Crippen molar-refractivity contribution in [3.8, 4) is 0 Å². The number of nitrogens with zero attached hydrogens (tertiary/aromatic N) is 5. The summed E-state index contributed by atoms with van der Waals surface area (Å²) in [4.78, 5) is 19.2. The number of aromatic nitrogens is 4. The fourth-order valence-electron chi connectivity index (χ4n) is 3.09. The Morgan fingerprint density at radius 3 is 3.08 bits per heavy atom. The van der Waals surface area contributed by atoms with Crippen molar-refractivity contribution in [1.82, 2.24) is 24.6 Å². The zero-order chi connectivity index (χ0) is 17.1. The monoisotopic (exact) mass is 348 g/mol. The minimum absolute atomic E-state index is 0.0111. The lowest BCUT2D eigenvalue weighted by atomic mass is 10.1. The van der Waals surface area contributed by atoms with Crippen molar-refractivity contribution in [2.75, 3.05) is 18.4 Å². The predicted molar refractivity (Wildman–Crippen MR) is 94.1 cm³/mol. The zero-order valence-electron chi connectivity index (χ0n) is 14.4. The summed E-state index contributed by atoms with van der Waals surface area (Å²) in [5.41, 5.74) is 0.512. The number of thiazole rings is 1. The number of anilines is 1. The van der Waals surface area contributed by atoms with Crippen LogP contribution in [0.1, 0.15) is 56.0 Å².